The summed E-state index contributed by atoms with van der Waals surface area (Å²) in [5.74, 6) is 0.642. The first-order chi connectivity index (χ1) is 18.9. The molecule has 2 saturated heterocycles. The molecule has 8 heteroatoms. The average molecular weight is 539 g/mol. The average Bonchev–Trinajstić information content (AvgIpc) is 3.67. The van der Waals surface area contributed by atoms with Gasteiger partial charge in [0.15, 0.2) is 5.79 Å². The van der Waals surface area contributed by atoms with Crippen molar-refractivity contribution < 1.29 is 37.9 Å². The van der Waals surface area contributed by atoms with Gasteiger partial charge in [0, 0.05) is 12.8 Å². The maximum atomic E-state index is 10.9. The van der Waals surface area contributed by atoms with Crippen LogP contribution in [0.25, 0.3) is 0 Å². The standard InChI is InChI=1S/C31H38O8/c1-31(2)37-20-24(39-31)16-27-29(35-18-21-8-5-4-6-9-21)30(36-19-22-11-13-23(33-3)14-12-22)28(38-27)17-25(32)26-10-7-15-34-26/h4-15,24-25,27-30,32H,16-20H2,1-3H3/t24-,25?,27-,28+,29+,30+/m1/s1. The molecule has 3 aromatic rings. The summed E-state index contributed by atoms with van der Waals surface area (Å²) in [5.41, 5.74) is 2.06. The van der Waals surface area contributed by atoms with E-state index in [1.165, 1.54) is 0 Å². The summed E-state index contributed by atoms with van der Waals surface area (Å²) >= 11 is 0. The predicted molar refractivity (Wildman–Crippen MR) is 143 cm³/mol. The summed E-state index contributed by atoms with van der Waals surface area (Å²) in [6.07, 6.45) is -0.0891. The topological polar surface area (TPSA) is 88.8 Å². The normalized spacial score (nSPS) is 27.0. The van der Waals surface area contributed by atoms with Crippen LogP contribution < -0.4 is 4.74 Å². The van der Waals surface area contributed by atoms with Crippen LogP contribution in [0.2, 0.25) is 0 Å². The zero-order chi connectivity index (χ0) is 27.2. The van der Waals surface area contributed by atoms with Crippen molar-refractivity contribution in [1.29, 1.82) is 0 Å². The zero-order valence-electron chi connectivity index (χ0n) is 22.7. The third kappa shape index (κ3) is 7.28. The van der Waals surface area contributed by atoms with Crippen LogP contribution in [0.15, 0.2) is 77.4 Å². The maximum absolute atomic E-state index is 10.9. The third-order valence-electron chi connectivity index (χ3n) is 7.18. The molecule has 1 aromatic heterocycles. The largest absolute Gasteiger partial charge is 0.497 e. The Bertz CT molecular complexity index is 1130. The second-order valence-electron chi connectivity index (χ2n) is 10.6. The Morgan fingerprint density at radius 2 is 1.59 bits per heavy atom. The molecule has 1 N–H and O–H groups in total. The summed E-state index contributed by atoms with van der Waals surface area (Å²) in [6, 6.07) is 21.3. The lowest BCUT2D eigenvalue weighted by atomic mass is 9.99. The van der Waals surface area contributed by atoms with Crippen LogP contribution in [-0.2, 0) is 36.9 Å². The Hall–Kier alpha value is -2.72. The van der Waals surface area contributed by atoms with E-state index in [4.69, 9.17) is 32.8 Å². The minimum Gasteiger partial charge on any atom is -0.497 e. The van der Waals surface area contributed by atoms with Gasteiger partial charge < -0.3 is 37.9 Å². The summed E-state index contributed by atoms with van der Waals surface area (Å²) < 4.78 is 42.3. The van der Waals surface area contributed by atoms with Crippen molar-refractivity contribution >= 4 is 0 Å². The van der Waals surface area contributed by atoms with Crippen molar-refractivity contribution in [3.8, 4) is 5.75 Å². The lowest BCUT2D eigenvalue weighted by Gasteiger charge is -2.26. The van der Waals surface area contributed by atoms with Crippen molar-refractivity contribution in [2.75, 3.05) is 13.7 Å². The van der Waals surface area contributed by atoms with Gasteiger partial charge in [-0.3, -0.25) is 0 Å². The van der Waals surface area contributed by atoms with Crippen LogP contribution in [0.1, 0.15) is 49.7 Å². The molecule has 0 aliphatic carbocycles. The number of hydrogen-bond acceptors (Lipinski definition) is 8. The van der Waals surface area contributed by atoms with E-state index in [2.05, 4.69) is 0 Å². The van der Waals surface area contributed by atoms with Crippen LogP contribution in [0, 0.1) is 0 Å². The molecule has 0 radical (unpaired) electrons. The van der Waals surface area contributed by atoms with Gasteiger partial charge in [-0.25, -0.2) is 0 Å². The summed E-state index contributed by atoms with van der Waals surface area (Å²) in [5, 5.41) is 10.9. The Balaban J connectivity index is 1.36. The summed E-state index contributed by atoms with van der Waals surface area (Å²) in [4.78, 5) is 0. The third-order valence-corrected chi connectivity index (χ3v) is 7.18. The first kappa shape index (κ1) is 27.8. The van der Waals surface area contributed by atoms with E-state index >= 15 is 0 Å². The molecule has 2 fully saturated rings. The number of benzene rings is 2. The van der Waals surface area contributed by atoms with E-state index in [1.54, 1.807) is 25.5 Å². The van der Waals surface area contributed by atoms with Gasteiger partial charge in [-0.15, -0.1) is 0 Å². The van der Waals surface area contributed by atoms with Crippen molar-refractivity contribution in [2.45, 2.75) is 82.3 Å². The molecule has 0 amide bonds. The Labute approximate surface area is 229 Å². The lowest BCUT2D eigenvalue weighted by molar-refractivity contribution is -0.145. The van der Waals surface area contributed by atoms with Crippen LogP contribution >= 0.6 is 0 Å². The van der Waals surface area contributed by atoms with Gasteiger partial charge in [-0.2, -0.15) is 0 Å². The van der Waals surface area contributed by atoms with Gasteiger partial charge in [-0.1, -0.05) is 42.5 Å². The first-order valence-electron chi connectivity index (χ1n) is 13.5. The first-order valence-corrected chi connectivity index (χ1v) is 13.5. The van der Waals surface area contributed by atoms with Gasteiger partial charge in [-0.05, 0) is 49.2 Å². The quantitative estimate of drug-likeness (QED) is 0.337. The van der Waals surface area contributed by atoms with E-state index in [0.29, 0.717) is 38.4 Å². The van der Waals surface area contributed by atoms with Gasteiger partial charge in [0.25, 0.3) is 0 Å². The molecule has 39 heavy (non-hydrogen) atoms. The fraction of sp³-hybridized carbons (Fsp3) is 0.484. The Morgan fingerprint density at radius 3 is 2.21 bits per heavy atom. The SMILES string of the molecule is COc1ccc(CO[C@@H]2[C@@H](OCc3ccccc3)[C@@H](C[C@@H]3COC(C)(C)O3)O[C@H]2CC(O)c2ccco2)cc1. The van der Waals surface area contributed by atoms with E-state index < -0.39 is 24.1 Å². The Kier molecular flexibility index (Phi) is 9.02. The number of hydrogen-bond donors (Lipinski definition) is 1. The smallest absolute Gasteiger partial charge is 0.163 e. The second-order valence-corrected chi connectivity index (χ2v) is 10.6. The Morgan fingerprint density at radius 1 is 0.897 bits per heavy atom. The van der Waals surface area contributed by atoms with Crippen LogP contribution in [-0.4, -0.2) is 55.1 Å². The highest BCUT2D eigenvalue weighted by atomic mass is 16.7. The molecule has 0 spiro atoms. The van der Waals surface area contributed by atoms with E-state index in [1.807, 2.05) is 68.4 Å². The molecule has 2 aliphatic rings. The van der Waals surface area contributed by atoms with Crippen LogP contribution in [0.3, 0.4) is 0 Å². The minimum absolute atomic E-state index is 0.135. The van der Waals surface area contributed by atoms with E-state index in [-0.39, 0.29) is 18.3 Å². The highest BCUT2D eigenvalue weighted by molar-refractivity contribution is 5.26. The van der Waals surface area contributed by atoms with Gasteiger partial charge in [0.1, 0.15) is 29.8 Å². The fourth-order valence-electron chi connectivity index (χ4n) is 5.22. The highest BCUT2D eigenvalue weighted by Crippen LogP contribution is 2.37. The van der Waals surface area contributed by atoms with Crippen molar-refractivity contribution in [2.24, 2.45) is 0 Å². The molecule has 210 valence electrons. The molecule has 2 aliphatic heterocycles. The molecular weight excluding hydrogens is 500 g/mol. The van der Waals surface area contributed by atoms with Gasteiger partial charge >= 0.3 is 0 Å². The number of furan rings is 1. The van der Waals surface area contributed by atoms with Gasteiger partial charge in [0.2, 0.25) is 0 Å². The molecule has 3 heterocycles. The van der Waals surface area contributed by atoms with Crippen molar-refractivity contribution in [3.63, 3.8) is 0 Å². The van der Waals surface area contributed by atoms with Crippen molar-refractivity contribution in [3.05, 3.63) is 89.9 Å². The monoisotopic (exact) mass is 538 g/mol. The van der Waals surface area contributed by atoms with E-state index in [9.17, 15) is 5.11 Å². The molecule has 6 atom stereocenters. The maximum Gasteiger partial charge on any atom is 0.163 e. The highest BCUT2D eigenvalue weighted by Gasteiger charge is 2.49. The number of methoxy groups -OCH3 is 1. The number of ether oxygens (including phenoxy) is 6. The molecule has 8 nitrogen and oxygen atoms in total. The summed E-state index contributed by atoms with van der Waals surface area (Å²) in [7, 11) is 1.64. The predicted octanol–water partition coefficient (Wildman–Crippen LogP) is 5.19. The lowest BCUT2D eigenvalue weighted by Crippen LogP contribution is -2.39. The fourth-order valence-corrected chi connectivity index (χ4v) is 5.22. The van der Waals surface area contributed by atoms with Crippen LogP contribution in [0.5, 0.6) is 5.75 Å². The number of aliphatic hydroxyl groups excluding tert-OH is 1. The molecule has 0 saturated carbocycles. The number of aliphatic hydroxyl groups is 1. The number of rotatable bonds is 12. The second kappa shape index (κ2) is 12.6. The van der Waals surface area contributed by atoms with Gasteiger partial charge in [0.05, 0.1) is 51.5 Å². The van der Waals surface area contributed by atoms with Crippen LogP contribution in [0.4, 0.5) is 0 Å². The summed E-state index contributed by atoms with van der Waals surface area (Å²) in [6.45, 7) is 5.08. The molecule has 2 aromatic carbocycles. The molecular formula is C31H38O8. The van der Waals surface area contributed by atoms with E-state index in [0.717, 1.165) is 16.9 Å². The zero-order valence-corrected chi connectivity index (χ0v) is 22.7. The molecule has 5 rings (SSSR count). The molecule has 0 bridgehead atoms. The minimum atomic E-state index is -0.837. The molecule has 1 unspecified atom stereocenters. The van der Waals surface area contributed by atoms with Crippen molar-refractivity contribution in [1.82, 2.24) is 0 Å².